The number of hydrogen-bond donors (Lipinski definition) is 1. The SMILES string of the molecule is O=C(O)C1CN(C(=O)c2ccn(-c3cccc(C(F)(F)F)c3)n2)CCO1. The number of amides is 1. The third-order valence-corrected chi connectivity index (χ3v) is 3.88. The Kier molecular flexibility index (Phi) is 4.68. The van der Waals surface area contributed by atoms with Crippen molar-refractivity contribution in [1.29, 1.82) is 0 Å². The van der Waals surface area contributed by atoms with Crippen LogP contribution in [0.2, 0.25) is 0 Å². The van der Waals surface area contributed by atoms with Gasteiger partial charge in [0.2, 0.25) is 0 Å². The summed E-state index contributed by atoms with van der Waals surface area (Å²) in [5, 5.41) is 13.0. The second-order valence-corrected chi connectivity index (χ2v) is 5.64. The Morgan fingerprint density at radius 1 is 1.27 bits per heavy atom. The molecule has 1 atom stereocenters. The van der Waals surface area contributed by atoms with Crippen LogP contribution in [0.4, 0.5) is 13.2 Å². The molecule has 26 heavy (non-hydrogen) atoms. The Bertz CT molecular complexity index is 834. The number of aliphatic carboxylic acids is 1. The molecule has 0 bridgehead atoms. The second-order valence-electron chi connectivity index (χ2n) is 5.64. The topological polar surface area (TPSA) is 84.7 Å². The molecule has 0 radical (unpaired) electrons. The molecule has 1 aliphatic rings. The Morgan fingerprint density at radius 2 is 2.04 bits per heavy atom. The monoisotopic (exact) mass is 369 g/mol. The van der Waals surface area contributed by atoms with Crippen molar-refractivity contribution in [2.45, 2.75) is 12.3 Å². The van der Waals surface area contributed by atoms with Gasteiger partial charge < -0.3 is 14.7 Å². The van der Waals surface area contributed by atoms with Crippen LogP contribution >= 0.6 is 0 Å². The van der Waals surface area contributed by atoms with Gasteiger partial charge in [0.05, 0.1) is 24.4 Å². The fourth-order valence-electron chi connectivity index (χ4n) is 2.55. The van der Waals surface area contributed by atoms with Gasteiger partial charge in [0.15, 0.2) is 11.8 Å². The van der Waals surface area contributed by atoms with Crippen molar-refractivity contribution in [2.24, 2.45) is 0 Å². The van der Waals surface area contributed by atoms with Crippen molar-refractivity contribution in [3.8, 4) is 5.69 Å². The third-order valence-electron chi connectivity index (χ3n) is 3.88. The number of benzene rings is 1. The minimum Gasteiger partial charge on any atom is -0.479 e. The fourth-order valence-corrected chi connectivity index (χ4v) is 2.55. The van der Waals surface area contributed by atoms with Crippen LogP contribution < -0.4 is 0 Å². The van der Waals surface area contributed by atoms with Crippen LogP contribution in [0.25, 0.3) is 5.69 Å². The van der Waals surface area contributed by atoms with E-state index in [9.17, 15) is 22.8 Å². The van der Waals surface area contributed by atoms with Crippen molar-refractivity contribution < 1.29 is 32.6 Å². The summed E-state index contributed by atoms with van der Waals surface area (Å²) in [5.41, 5.74) is -0.659. The van der Waals surface area contributed by atoms with E-state index in [1.165, 1.54) is 29.3 Å². The van der Waals surface area contributed by atoms with Crippen molar-refractivity contribution in [1.82, 2.24) is 14.7 Å². The summed E-state index contributed by atoms with van der Waals surface area (Å²) in [6, 6.07) is 5.93. The highest BCUT2D eigenvalue weighted by atomic mass is 19.4. The van der Waals surface area contributed by atoms with Gasteiger partial charge in [-0.3, -0.25) is 4.79 Å². The molecule has 0 spiro atoms. The molecule has 138 valence electrons. The lowest BCUT2D eigenvalue weighted by Gasteiger charge is -2.30. The highest BCUT2D eigenvalue weighted by Gasteiger charge is 2.31. The van der Waals surface area contributed by atoms with E-state index in [0.717, 1.165) is 16.8 Å². The van der Waals surface area contributed by atoms with Gasteiger partial charge in [0.25, 0.3) is 5.91 Å². The summed E-state index contributed by atoms with van der Waals surface area (Å²) in [6.45, 7) is 0.167. The number of carbonyl (C=O) groups excluding carboxylic acids is 1. The Labute approximate surface area is 145 Å². The molecule has 3 rings (SSSR count). The number of morpholine rings is 1. The first-order valence-electron chi connectivity index (χ1n) is 7.62. The van der Waals surface area contributed by atoms with Crippen molar-refractivity contribution in [2.75, 3.05) is 19.7 Å². The number of carboxylic acid groups (broad SMARTS) is 1. The highest BCUT2D eigenvalue weighted by molar-refractivity contribution is 5.92. The predicted molar refractivity (Wildman–Crippen MR) is 81.8 cm³/mol. The first kappa shape index (κ1) is 17.9. The smallest absolute Gasteiger partial charge is 0.416 e. The molecule has 7 nitrogen and oxygen atoms in total. The third kappa shape index (κ3) is 3.69. The molecule has 1 N–H and O–H groups in total. The van der Waals surface area contributed by atoms with E-state index in [1.807, 2.05) is 0 Å². The van der Waals surface area contributed by atoms with Crippen molar-refractivity contribution in [3.05, 3.63) is 47.8 Å². The maximum absolute atomic E-state index is 12.8. The molecule has 10 heteroatoms. The van der Waals surface area contributed by atoms with Crippen LogP contribution in [0.3, 0.4) is 0 Å². The summed E-state index contributed by atoms with van der Waals surface area (Å²) in [7, 11) is 0. The maximum Gasteiger partial charge on any atom is 0.416 e. The number of rotatable bonds is 3. The molecule has 2 aromatic rings. The molecular weight excluding hydrogens is 355 g/mol. The van der Waals surface area contributed by atoms with Crippen molar-refractivity contribution in [3.63, 3.8) is 0 Å². The zero-order chi connectivity index (χ0) is 18.9. The second kappa shape index (κ2) is 6.79. The number of hydrogen-bond acceptors (Lipinski definition) is 4. The molecule has 2 heterocycles. The van der Waals surface area contributed by atoms with E-state index in [0.29, 0.717) is 0 Å². The number of alkyl halides is 3. The minimum absolute atomic E-state index is 0.00782. The molecule has 1 aromatic carbocycles. The van der Waals surface area contributed by atoms with Gasteiger partial charge in [-0.05, 0) is 24.3 Å². The number of ether oxygens (including phenoxy) is 1. The van der Waals surface area contributed by atoms with Crippen LogP contribution in [-0.2, 0) is 15.7 Å². The van der Waals surface area contributed by atoms with Gasteiger partial charge in [-0.25, -0.2) is 9.48 Å². The van der Waals surface area contributed by atoms with Gasteiger partial charge in [-0.1, -0.05) is 6.07 Å². The molecule has 1 unspecified atom stereocenters. The van der Waals surface area contributed by atoms with Crippen LogP contribution in [0.1, 0.15) is 16.1 Å². The normalized spacial score (nSPS) is 18.0. The maximum atomic E-state index is 12.8. The van der Waals surface area contributed by atoms with Crippen LogP contribution in [0.5, 0.6) is 0 Å². The number of carboxylic acids is 1. The predicted octanol–water partition coefficient (Wildman–Crippen LogP) is 1.82. The first-order valence-corrected chi connectivity index (χ1v) is 7.62. The van der Waals surface area contributed by atoms with Gasteiger partial charge in [0.1, 0.15) is 0 Å². The zero-order valence-electron chi connectivity index (χ0n) is 13.3. The quantitative estimate of drug-likeness (QED) is 0.892. The van der Waals surface area contributed by atoms with E-state index in [1.54, 1.807) is 0 Å². The Hall–Kier alpha value is -2.88. The fraction of sp³-hybridized carbons (Fsp3) is 0.312. The molecule has 1 aliphatic heterocycles. The summed E-state index contributed by atoms with van der Waals surface area (Å²) >= 11 is 0. The average Bonchev–Trinajstić information content (AvgIpc) is 3.10. The molecule has 0 saturated carbocycles. The zero-order valence-corrected chi connectivity index (χ0v) is 13.3. The molecule has 1 amide bonds. The number of carbonyl (C=O) groups is 2. The Balaban J connectivity index is 1.80. The van der Waals surface area contributed by atoms with E-state index in [-0.39, 0.29) is 31.1 Å². The van der Waals surface area contributed by atoms with E-state index >= 15 is 0 Å². The van der Waals surface area contributed by atoms with Crippen LogP contribution in [0, 0.1) is 0 Å². The van der Waals surface area contributed by atoms with E-state index in [4.69, 9.17) is 9.84 Å². The molecular formula is C16H14F3N3O4. The Morgan fingerprint density at radius 3 is 2.73 bits per heavy atom. The number of nitrogens with zero attached hydrogens (tertiary/aromatic N) is 3. The van der Waals surface area contributed by atoms with E-state index < -0.39 is 29.7 Å². The van der Waals surface area contributed by atoms with E-state index in [2.05, 4.69) is 5.10 Å². The standard InChI is InChI=1S/C16H14F3N3O4/c17-16(18,19)10-2-1-3-11(8-10)22-5-4-12(20-22)14(23)21-6-7-26-13(9-21)15(24)25/h1-5,8,13H,6-7,9H2,(H,24,25). The minimum atomic E-state index is -4.48. The van der Waals surface area contributed by atoms with Crippen LogP contribution in [-0.4, -0.2) is 57.5 Å². The molecule has 1 aromatic heterocycles. The molecule has 1 fully saturated rings. The molecule has 1 saturated heterocycles. The van der Waals surface area contributed by atoms with Gasteiger partial charge in [-0.15, -0.1) is 0 Å². The number of aromatic nitrogens is 2. The van der Waals surface area contributed by atoms with Gasteiger partial charge in [0, 0.05) is 12.7 Å². The van der Waals surface area contributed by atoms with Gasteiger partial charge in [-0.2, -0.15) is 18.3 Å². The molecule has 0 aliphatic carbocycles. The van der Waals surface area contributed by atoms with Gasteiger partial charge >= 0.3 is 12.1 Å². The summed E-state index contributed by atoms with van der Waals surface area (Å²) in [6.07, 6.45) is -4.22. The number of halogens is 3. The lowest BCUT2D eigenvalue weighted by atomic mass is 10.2. The van der Waals surface area contributed by atoms with Crippen LogP contribution in [0.15, 0.2) is 36.5 Å². The average molecular weight is 369 g/mol. The lowest BCUT2D eigenvalue weighted by Crippen LogP contribution is -2.48. The lowest BCUT2D eigenvalue weighted by molar-refractivity contribution is -0.154. The van der Waals surface area contributed by atoms with Crippen molar-refractivity contribution >= 4 is 11.9 Å². The summed E-state index contributed by atoms with van der Waals surface area (Å²) in [5.74, 6) is -1.68. The first-order chi connectivity index (χ1) is 12.3. The summed E-state index contributed by atoms with van der Waals surface area (Å²) < 4.78 is 44.6. The largest absolute Gasteiger partial charge is 0.479 e. The highest BCUT2D eigenvalue weighted by Crippen LogP contribution is 2.30. The summed E-state index contributed by atoms with van der Waals surface area (Å²) in [4.78, 5) is 24.7.